The predicted octanol–water partition coefficient (Wildman–Crippen LogP) is 1.14. The van der Waals surface area contributed by atoms with Gasteiger partial charge in [0.15, 0.2) is 0 Å². The molecule has 86 valence electrons. The molecular formula is C12H15NO3. The maximum atomic E-state index is 11.3. The number of rotatable bonds is 3. The van der Waals surface area contributed by atoms with Crippen LogP contribution in [-0.2, 0) is 11.2 Å². The SMILES string of the molecule is O=C(O)C1(Cc2cccc(O)c2)CCCN1. The Morgan fingerprint density at radius 2 is 2.31 bits per heavy atom. The van der Waals surface area contributed by atoms with E-state index in [0.29, 0.717) is 12.8 Å². The number of aliphatic carboxylic acids is 1. The van der Waals surface area contributed by atoms with E-state index >= 15 is 0 Å². The topological polar surface area (TPSA) is 69.6 Å². The van der Waals surface area contributed by atoms with Crippen molar-refractivity contribution in [2.24, 2.45) is 0 Å². The fourth-order valence-electron chi connectivity index (χ4n) is 2.23. The van der Waals surface area contributed by atoms with Gasteiger partial charge in [-0.2, -0.15) is 0 Å². The highest BCUT2D eigenvalue weighted by atomic mass is 16.4. The van der Waals surface area contributed by atoms with Gasteiger partial charge < -0.3 is 15.5 Å². The molecule has 2 rings (SSSR count). The van der Waals surface area contributed by atoms with Crippen LogP contribution in [0.2, 0.25) is 0 Å². The third-order valence-electron chi connectivity index (χ3n) is 3.07. The first-order valence-corrected chi connectivity index (χ1v) is 5.39. The van der Waals surface area contributed by atoms with E-state index in [1.165, 1.54) is 0 Å². The van der Waals surface area contributed by atoms with E-state index in [2.05, 4.69) is 5.32 Å². The third kappa shape index (κ3) is 2.02. The van der Waals surface area contributed by atoms with Gasteiger partial charge in [-0.05, 0) is 37.1 Å². The molecule has 1 aliphatic heterocycles. The Balaban J connectivity index is 2.21. The number of phenolic OH excluding ortho intramolecular Hbond substituents is 1. The number of hydrogen-bond acceptors (Lipinski definition) is 3. The first kappa shape index (κ1) is 11.0. The Morgan fingerprint density at radius 3 is 2.88 bits per heavy atom. The summed E-state index contributed by atoms with van der Waals surface area (Å²) in [7, 11) is 0. The van der Waals surface area contributed by atoms with E-state index in [1.807, 2.05) is 6.07 Å². The quantitative estimate of drug-likeness (QED) is 0.716. The summed E-state index contributed by atoms with van der Waals surface area (Å²) in [5.41, 5.74) is -0.00912. The van der Waals surface area contributed by atoms with Crippen LogP contribution in [0, 0.1) is 0 Å². The van der Waals surface area contributed by atoms with Crippen molar-refractivity contribution in [2.45, 2.75) is 24.8 Å². The van der Waals surface area contributed by atoms with Crippen molar-refractivity contribution in [3.8, 4) is 5.75 Å². The largest absolute Gasteiger partial charge is 0.508 e. The molecule has 0 spiro atoms. The van der Waals surface area contributed by atoms with Gasteiger partial charge in [0, 0.05) is 6.42 Å². The minimum Gasteiger partial charge on any atom is -0.508 e. The van der Waals surface area contributed by atoms with Gasteiger partial charge in [0.2, 0.25) is 0 Å². The van der Waals surface area contributed by atoms with Crippen molar-refractivity contribution in [1.29, 1.82) is 0 Å². The third-order valence-corrected chi connectivity index (χ3v) is 3.07. The van der Waals surface area contributed by atoms with Crippen molar-refractivity contribution in [3.05, 3.63) is 29.8 Å². The molecule has 16 heavy (non-hydrogen) atoms. The molecule has 0 aromatic heterocycles. The molecule has 0 radical (unpaired) electrons. The van der Waals surface area contributed by atoms with Crippen LogP contribution < -0.4 is 5.32 Å². The van der Waals surface area contributed by atoms with Crippen molar-refractivity contribution in [3.63, 3.8) is 0 Å². The molecule has 1 aromatic carbocycles. The number of carboxylic acids is 1. The second-order valence-corrected chi connectivity index (χ2v) is 4.26. The van der Waals surface area contributed by atoms with Crippen molar-refractivity contribution in [1.82, 2.24) is 5.32 Å². The average molecular weight is 221 g/mol. The first-order valence-electron chi connectivity index (χ1n) is 5.39. The van der Waals surface area contributed by atoms with Gasteiger partial charge in [-0.15, -0.1) is 0 Å². The Labute approximate surface area is 93.9 Å². The second-order valence-electron chi connectivity index (χ2n) is 4.26. The summed E-state index contributed by atoms with van der Waals surface area (Å²) in [6.45, 7) is 0.741. The zero-order chi connectivity index (χ0) is 11.6. The van der Waals surface area contributed by atoms with E-state index in [1.54, 1.807) is 18.2 Å². The molecule has 1 heterocycles. The number of hydrogen-bond donors (Lipinski definition) is 3. The molecule has 1 saturated heterocycles. The van der Waals surface area contributed by atoms with Crippen LogP contribution in [0.15, 0.2) is 24.3 Å². The van der Waals surface area contributed by atoms with E-state index in [4.69, 9.17) is 0 Å². The van der Waals surface area contributed by atoms with Gasteiger partial charge >= 0.3 is 5.97 Å². The Kier molecular flexibility index (Phi) is 2.83. The van der Waals surface area contributed by atoms with Gasteiger partial charge in [0.25, 0.3) is 0 Å². The van der Waals surface area contributed by atoms with Crippen LogP contribution in [0.4, 0.5) is 0 Å². The van der Waals surface area contributed by atoms with E-state index in [9.17, 15) is 15.0 Å². The molecule has 0 aliphatic carbocycles. The fraction of sp³-hybridized carbons (Fsp3) is 0.417. The first-order chi connectivity index (χ1) is 7.62. The molecule has 0 amide bonds. The summed E-state index contributed by atoms with van der Waals surface area (Å²) in [4.78, 5) is 11.3. The number of carbonyl (C=O) groups is 1. The van der Waals surface area contributed by atoms with Crippen LogP contribution in [0.25, 0.3) is 0 Å². The molecule has 1 fully saturated rings. The van der Waals surface area contributed by atoms with E-state index in [0.717, 1.165) is 18.5 Å². The Bertz CT molecular complexity index is 397. The minimum atomic E-state index is -0.853. The molecule has 3 N–H and O–H groups in total. The number of phenols is 1. The average Bonchev–Trinajstić information content (AvgIpc) is 2.67. The number of aromatic hydroxyl groups is 1. The summed E-state index contributed by atoms with van der Waals surface area (Å²) in [6, 6.07) is 6.77. The van der Waals surface area contributed by atoms with Gasteiger partial charge in [-0.1, -0.05) is 12.1 Å². The maximum Gasteiger partial charge on any atom is 0.324 e. The van der Waals surface area contributed by atoms with Crippen LogP contribution in [0.3, 0.4) is 0 Å². The number of carboxylic acid groups (broad SMARTS) is 1. The minimum absolute atomic E-state index is 0.177. The number of nitrogens with one attached hydrogen (secondary N) is 1. The fourth-order valence-corrected chi connectivity index (χ4v) is 2.23. The van der Waals surface area contributed by atoms with Gasteiger partial charge in [0.1, 0.15) is 11.3 Å². The van der Waals surface area contributed by atoms with Crippen molar-refractivity contribution < 1.29 is 15.0 Å². The summed E-state index contributed by atoms with van der Waals surface area (Å²) in [5.74, 6) is -0.635. The molecule has 4 heteroatoms. The lowest BCUT2D eigenvalue weighted by Crippen LogP contribution is -2.49. The van der Waals surface area contributed by atoms with Crippen LogP contribution in [0.1, 0.15) is 18.4 Å². The summed E-state index contributed by atoms with van der Waals surface area (Å²) < 4.78 is 0. The van der Waals surface area contributed by atoms with Gasteiger partial charge in [0.05, 0.1) is 0 Å². The smallest absolute Gasteiger partial charge is 0.324 e. The predicted molar refractivity (Wildman–Crippen MR) is 59.4 cm³/mol. The van der Waals surface area contributed by atoms with Crippen LogP contribution in [0.5, 0.6) is 5.75 Å². The molecule has 1 unspecified atom stereocenters. The van der Waals surface area contributed by atoms with Crippen molar-refractivity contribution in [2.75, 3.05) is 6.54 Å². The molecule has 0 saturated carbocycles. The van der Waals surface area contributed by atoms with Gasteiger partial charge in [-0.25, -0.2) is 0 Å². The highest BCUT2D eigenvalue weighted by Gasteiger charge is 2.40. The molecule has 4 nitrogen and oxygen atoms in total. The molecule has 1 aromatic rings. The molecule has 1 aliphatic rings. The summed E-state index contributed by atoms with van der Waals surface area (Å²) in [5, 5.41) is 21.7. The lowest BCUT2D eigenvalue weighted by atomic mass is 9.89. The lowest BCUT2D eigenvalue weighted by molar-refractivity contribution is -0.144. The standard InChI is InChI=1S/C12H15NO3/c14-10-4-1-3-9(7-10)8-12(11(15)16)5-2-6-13-12/h1,3-4,7,13-14H,2,5-6,8H2,(H,15,16). The Morgan fingerprint density at radius 1 is 1.50 bits per heavy atom. The summed E-state index contributed by atoms with van der Waals surface area (Å²) in [6.07, 6.45) is 1.93. The lowest BCUT2D eigenvalue weighted by Gasteiger charge is -2.24. The highest BCUT2D eigenvalue weighted by molar-refractivity contribution is 5.79. The van der Waals surface area contributed by atoms with E-state index < -0.39 is 11.5 Å². The van der Waals surface area contributed by atoms with Crippen LogP contribution in [-0.4, -0.2) is 28.3 Å². The number of benzene rings is 1. The highest BCUT2D eigenvalue weighted by Crippen LogP contribution is 2.25. The molecule has 1 atom stereocenters. The maximum absolute atomic E-state index is 11.3. The zero-order valence-corrected chi connectivity index (χ0v) is 8.94. The van der Waals surface area contributed by atoms with Gasteiger partial charge in [-0.3, -0.25) is 4.79 Å². The second kappa shape index (κ2) is 4.14. The normalized spacial score (nSPS) is 24.5. The van der Waals surface area contributed by atoms with E-state index in [-0.39, 0.29) is 5.75 Å². The molecule has 0 bridgehead atoms. The zero-order valence-electron chi connectivity index (χ0n) is 8.94. The monoisotopic (exact) mass is 221 g/mol. The van der Waals surface area contributed by atoms with Crippen molar-refractivity contribution >= 4 is 5.97 Å². The van der Waals surface area contributed by atoms with Crippen LogP contribution >= 0.6 is 0 Å². The Hall–Kier alpha value is -1.55. The summed E-state index contributed by atoms with van der Waals surface area (Å²) >= 11 is 0. The molecular weight excluding hydrogens is 206 g/mol.